The minimum absolute atomic E-state index is 0.639. The van der Waals surface area contributed by atoms with E-state index in [2.05, 4.69) is 35.8 Å². The van der Waals surface area contributed by atoms with Crippen molar-refractivity contribution < 1.29 is 0 Å². The second-order valence-corrected chi connectivity index (χ2v) is 4.05. The molecule has 0 aromatic carbocycles. The SMILES string of the molecule is CC1C=Cc2c(cnn2SS)C1. The molecule has 1 aromatic rings. The van der Waals surface area contributed by atoms with Gasteiger partial charge in [0.1, 0.15) is 0 Å². The number of hydrogen-bond donors (Lipinski definition) is 1. The smallest absolute Gasteiger partial charge is 0.0777 e. The molecular formula is C8H10N2S2. The molecule has 0 aliphatic heterocycles. The van der Waals surface area contributed by atoms with Gasteiger partial charge in [-0.2, -0.15) is 9.19 Å². The molecule has 0 saturated carbocycles. The molecule has 0 spiro atoms. The Morgan fingerprint density at radius 1 is 1.75 bits per heavy atom. The van der Waals surface area contributed by atoms with E-state index in [4.69, 9.17) is 0 Å². The van der Waals surface area contributed by atoms with Crippen molar-refractivity contribution in [3.63, 3.8) is 0 Å². The lowest BCUT2D eigenvalue weighted by molar-refractivity contribution is 0.716. The predicted molar refractivity (Wildman–Crippen MR) is 56.1 cm³/mol. The normalized spacial score (nSPS) is 21.0. The Balaban J connectivity index is 2.42. The summed E-state index contributed by atoms with van der Waals surface area (Å²) in [5.41, 5.74) is 2.51. The number of aromatic nitrogens is 2. The van der Waals surface area contributed by atoms with Gasteiger partial charge in [0.05, 0.1) is 11.9 Å². The van der Waals surface area contributed by atoms with Gasteiger partial charge >= 0.3 is 0 Å². The van der Waals surface area contributed by atoms with Gasteiger partial charge < -0.3 is 0 Å². The van der Waals surface area contributed by atoms with E-state index in [1.54, 1.807) is 0 Å². The first-order valence-corrected chi connectivity index (χ1v) is 5.71. The highest BCUT2D eigenvalue weighted by Crippen LogP contribution is 2.25. The first kappa shape index (κ1) is 8.26. The topological polar surface area (TPSA) is 17.8 Å². The van der Waals surface area contributed by atoms with Crippen LogP contribution in [0.1, 0.15) is 18.2 Å². The van der Waals surface area contributed by atoms with Crippen LogP contribution >= 0.6 is 22.6 Å². The van der Waals surface area contributed by atoms with Gasteiger partial charge in [0.2, 0.25) is 0 Å². The molecule has 1 aliphatic carbocycles. The molecule has 64 valence electrons. The standard InChI is InChI=1S/C8H10N2S2/c1-6-2-3-8-7(4-6)5-9-10(8)12-11/h2-3,5-6,11H,4H2,1H3. The zero-order chi connectivity index (χ0) is 8.55. The molecule has 2 rings (SSSR count). The average Bonchev–Trinajstić information content (AvgIpc) is 2.46. The molecule has 2 nitrogen and oxygen atoms in total. The van der Waals surface area contributed by atoms with E-state index in [1.165, 1.54) is 22.2 Å². The fourth-order valence-corrected chi connectivity index (χ4v) is 2.18. The van der Waals surface area contributed by atoms with Crippen LogP contribution in [0.3, 0.4) is 0 Å². The van der Waals surface area contributed by atoms with E-state index < -0.39 is 0 Å². The fourth-order valence-electron chi connectivity index (χ4n) is 1.44. The molecule has 1 heterocycles. The van der Waals surface area contributed by atoms with Gasteiger partial charge in [-0.05, 0) is 24.0 Å². The van der Waals surface area contributed by atoms with E-state index in [0.717, 1.165) is 6.42 Å². The molecule has 12 heavy (non-hydrogen) atoms. The molecule has 4 heteroatoms. The maximum Gasteiger partial charge on any atom is 0.0777 e. The maximum absolute atomic E-state index is 4.20. The molecule has 0 N–H and O–H groups in total. The monoisotopic (exact) mass is 198 g/mol. The number of hydrogen-bond acceptors (Lipinski definition) is 3. The third-order valence-corrected chi connectivity index (χ3v) is 2.97. The summed E-state index contributed by atoms with van der Waals surface area (Å²) in [6, 6.07) is 0. The number of rotatable bonds is 1. The van der Waals surface area contributed by atoms with Crippen molar-refractivity contribution in [1.29, 1.82) is 0 Å². The number of thiol groups is 1. The molecule has 1 aromatic heterocycles. The molecule has 0 fully saturated rings. The van der Waals surface area contributed by atoms with Crippen LogP contribution in [0.5, 0.6) is 0 Å². The van der Waals surface area contributed by atoms with Gasteiger partial charge in [-0.3, -0.25) is 0 Å². The molecule has 1 unspecified atom stereocenters. The highest BCUT2D eigenvalue weighted by molar-refractivity contribution is 8.67. The highest BCUT2D eigenvalue weighted by atomic mass is 33.1. The Morgan fingerprint density at radius 3 is 3.33 bits per heavy atom. The first-order valence-electron chi connectivity index (χ1n) is 3.88. The Bertz CT molecular complexity index is 317. The van der Waals surface area contributed by atoms with Crippen LogP contribution in [0.4, 0.5) is 0 Å². The van der Waals surface area contributed by atoms with Crippen LogP contribution < -0.4 is 0 Å². The zero-order valence-corrected chi connectivity index (χ0v) is 8.48. The second-order valence-electron chi connectivity index (χ2n) is 3.05. The summed E-state index contributed by atoms with van der Waals surface area (Å²) in [6.07, 6.45) is 7.36. The average molecular weight is 198 g/mol. The molecule has 1 aliphatic rings. The quantitative estimate of drug-likeness (QED) is 0.551. The van der Waals surface area contributed by atoms with Gasteiger partial charge in [-0.25, -0.2) is 0 Å². The molecule has 1 atom stereocenters. The van der Waals surface area contributed by atoms with Crippen LogP contribution in [0.15, 0.2) is 12.3 Å². The van der Waals surface area contributed by atoms with E-state index in [0.29, 0.717) is 5.92 Å². The third-order valence-electron chi connectivity index (χ3n) is 2.06. The van der Waals surface area contributed by atoms with Crippen LogP contribution in [-0.2, 0) is 6.42 Å². The Kier molecular flexibility index (Phi) is 2.19. The minimum Gasteiger partial charge on any atom is -0.196 e. The zero-order valence-electron chi connectivity index (χ0n) is 6.77. The first-order chi connectivity index (χ1) is 5.81. The van der Waals surface area contributed by atoms with Crippen LogP contribution in [0.2, 0.25) is 0 Å². The Hall–Kier alpha value is -0.350. The number of fused-ring (bicyclic) bond motifs is 1. The molecule has 0 radical (unpaired) electrons. The highest BCUT2D eigenvalue weighted by Gasteiger charge is 2.14. The largest absolute Gasteiger partial charge is 0.196 e. The minimum atomic E-state index is 0.639. The lowest BCUT2D eigenvalue weighted by atomic mass is 9.96. The summed E-state index contributed by atoms with van der Waals surface area (Å²) in [7, 11) is 1.34. The lowest BCUT2D eigenvalue weighted by Gasteiger charge is -2.11. The fraction of sp³-hybridized carbons (Fsp3) is 0.375. The lowest BCUT2D eigenvalue weighted by Crippen LogP contribution is -2.02. The van der Waals surface area contributed by atoms with Gasteiger partial charge in [0.25, 0.3) is 0 Å². The van der Waals surface area contributed by atoms with Crippen molar-refractivity contribution in [2.24, 2.45) is 5.92 Å². The van der Waals surface area contributed by atoms with E-state index in [-0.39, 0.29) is 0 Å². The summed E-state index contributed by atoms with van der Waals surface area (Å²) in [6.45, 7) is 2.21. The van der Waals surface area contributed by atoms with Crippen molar-refractivity contribution in [2.75, 3.05) is 0 Å². The molecule has 0 saturated heterocycles. The summed E-state index contributed by atoms with van der Waals surface area (Å²) >= 11 is 4.12. The van der Waals surface area contributed by atoms with Gasteiger partial charge in [-0.1, -0.05) is 24.7 Å². The van der Waals surface area contributed by atoms with Crippen molar-refractivity contribution in [3.05, 3.63) is 23.5 Å². The molecule has 0 amide bonds. The predicted octanol–water partition coefficient (Wildman–Crippen LogP) is 2.43. The van der Waals surface area contributed by atoms with Gasteiger partial charge in [-0.15, -0.1) is 0 Å². The van der Waals surface area contributed by atoms with Gasteiger partial charge in [0.15, 0.2) is 0 Å². The third kappa shape index (κ3) is 1.29. The van der Waals surface area contributed by atoms with Crippen LogP contribution in [0, 0.1) is 5.92 Å². The second kappa shape index (κ2) is 3.18. The maximum atomic E-state index is 4.20. The Morgan fingerprint density at radius 2 is 2.58 bits per heavy atom. The van der Waals surface area contributed by atoms with Crippen molar-refractivity contribution in [3.8, 4) is 0 Å². The van der Waals surface area contributed by atoms with Crippen LogP contribution in [0.25, 0.3) is 6.08 Å². The van der Waals surface area contributed by atoms with E-state index in [1.807, 2.05) is 10.3 Å². The van der Waals surface area contributed by atoms with Crippen LogP contribution in [-0.4, -0.2) is 9.19 Å². The van der Waals surface area contributed by atoms with Crippen molar-refractivity contribution in [1.82, 2.24) is 9.19 Å². The summed E-state index contributed by atoms with van der Waals surface area (Å²) < 4.78 is 1.83. The van der Waals surface area contributed by atoms with E-state index >= 15 is 0 Å². The molecule has 0 bridgehead atoms. The van der Waals surface area contributed by atoms with Crippen molar-refractivity contribution >= 4 is 28.7 Å². The summed E-state index contributed by atoms with van der Waals surface area (Å²) in [5.74, 6) is 0.639. The Labute approximate surface area is 81.0 Å². The summed E-state index contributed by atoms with van der Waals surface area (Å²) in [5, 5.41) is 4.20. The van der Waals surface area contributed by atoms with Gasteiger partial charge in [0, 0.05) is 11.0 Å². The molecular weight excluding hydrogens is 188 g/mol. The summed E-state index contributed by atoms with van der Waals surface area (Å²) in [4.78, 5) is 0. The van der Waals surface area contributed by atoms with Crippen molar-refractivity contribution in [2.45, 2.75) is 13.3 Å². The number of nitrogens with zero attached hydrogens (tertiary/aromatic N) is 2. The number of allylic oxidation sites excluding steroid dienone is 1. The van der Waals surface area contributed by atoms with E-state index in [9.17, 15) is 0 Å².